The third-order valence-corrected chi connectivity index (χ3v) is 8.92. The molecule has 0 aliphatic heterocycles. The summed E-state index contributed by atoms with van der Waals surface area (Å²) in [5.41, 5.74) is 6.73. The van der Waals surface area contributed by atoms with E-state index in [1.807, 2.05) is 12.1 Å². The van der Waals surface area contributed by atoms with Crippen molar-refractivity contribution in [3.05, 3.63) is 45.9 Å². The van der Waals surface area contributed by atoms with Crippen molar-refractivity contribution in [2.45, 2.75) is 51.4 Å². The number of aromatic amines is 1. The highest BCUT2D eigenvalue weighted by Crippen LogP contribution is 2.58. The zero-order valence-electron chi connectivity index (χ0n) is 18.6. The van der Waals surface area contributed by atoms with Gasteiger partial charge in [0.15, 0.2) is 5.65 Å². The van der Waals surface area contributed by atoms with Gasteiger partial charge in [-0.2, -0.15) is 0 Å². The zero-order valence-corrected chi connectivity index (χ0v) is 20.2. The van der Waals surface area contributed by atoms with Crippen LogP contribution in [0.4, 0.5) is 0 Å². The summed E-state index contributed by atoms with van der Waals surface area (Å²) in [6, 6.07) is 10.5. The first-order valence-electron chi connectivity index (χ1n) is 11.4. The van der Waals surface area contributed by atoms with E-state index in [4.69, 9.17) is 14.7 Å². The SMILES string of the molecule is COC(=O)[C@]1(C)CCC[C@]2(C)c3cc(Br)c4nc5[nH]c6ccccc6c5nc4c3CCC12. The van der Waals surface area contributed by atoms with Gasteiger partial charge >= 0.3 is 5.97 Å². The molecule has 32 heavy (non-hydrogen) atoms. The van der Waals surface area contributed by atoms with Gasteiger partial charge in [-0.1, -0.05) is 31.5 Å². The molecular weight excluding hydrogens is 466 g/mol. The van der Waals surface area contributed by atoms with Crippen molar-refractivity contribution in [2.24, 2.45) is 11.3 Å². The molecular formula is C26H26BrN3O2. The van der Waals surface area contributed by atoms with E-state index in [9.17, 15) is 4.79 Å². The number of nitrogens with zero attached hydrogens (tertiary/aromatic N) is 2. The number of esters is 1. The van der Waals surface area contributed by atoms with E-state index in [0.29, 0.717) is 0 Å². The summed E-state index contributed by atoms with van der Waals surface area (Å²) in [6.45, 7) is 4.45. The quantitative estimate of drug-likeness (QED) is 0.321. The summed E-state index contributed by atoms with van der Waals surface area (Å²) < 4.78 is 6.24. The van der Waals surface area contributed by atoms with Crippen molar-refractivity contribution in [3.63, 3.8) is 0 Å². The molecule has 2 heterocycles. The molecule has 164 valence electrons. The van der Waals surface area contributed by atoms with Gasteiger partial charge < -0.3 is 9.72 Å². The van der Waals surface area contributed by atoms with Crippen LogP contribution in [0, 0.1) is 11.3 Å². The van der Waals surface area contributed by atoms with Crippen LogP contribution in [0.25, 0.3) is 33.1 Å². The molecule has 3 atom stereocenters. The van der Waals surface area contributed by atoms with E-state index in [1.54, 1.807) is 0 Å². The number of hydrogen-bond acceptors (Lipinski definition) is 4. The van der Waals surface area contributed by atoms with Crippen LogP contribution in [-0.4, -0.2) is 28.0 Å². The predicted molar refractivity (Wildman–Crippen MR) is 130 cm³/mol. The van der Waals surface area contributed by atoms with Gasteiger partial charge in [0.25, 0.3) is 0 Å². The smallest absolute Gasteiger partial charge is 0.311 e. The molecule has 0 radical (unpaired) electrons. The van der Waals surface area contributed by atoms with Crippen LogP contribution in [0.3, 0.4) is 0 Å². The van der Waals surface area contributed by atoms with Crippen LogP contribution in [0.5, 0.6) is 0 Å². The van der Waals surface area contributed by atoms with Crippen molar-refractivity contribution in [3.8, 4) is 0 Å². The fourth-order valence-electron chi connectivity index (χ4n) is 6.79. The minimum absolute atomic E-state index is 0.0722. The molecule has 0 amide bonds. The molecule has 2 aliphatic carbocycles. The maximum absolute atomic E-state index is 12.9. The molecule has 6 heteroatoms. The van der Waals surface area contributed by atoms with Gasteiger partial charge in [-0.15, -0.1) is 0 Å². The topological polar surface area (TPSA) is 67.9 Å². The first-order chi connectivity index (χ1) is 15.4. The Kier molecular flexibility index (Phi) is 4.26. The highest BCUT2D eigenvalue weighted by molar-refractivity contribution is 9.10. The second-order valence-corrected chi connectivity index (χ2v) is 10.8. The van der Waals surface area contributed by atoms with Crippen LogP contribution in [-0.2, 0) is 21.4 Å². The van der Waals surface area contributed by atoms with Crippen molar-refractivity contribution in [1.29, 1.82) is 0 Å². The second kappa shape index (κ2) is 6.77. The number of aryl methyl sites for hydroxylation is 1. The number of H-pyrrole nitrogens is 1. The number of carbonyl (C=O) groups is 1. The number of halogens is 1. The van der Waals surface area contributed by atoms with Gasteiger partial charge in [-0.25, -0.2) is 9.97 Å². The van der Waals surface area contributed by atoms with Crippen LogP contribution in [0.2, 0.25) is 0 Å². The van der Waals surface area contributed by atoms with Gasteiger partial charge in [0.05, 0.1) is 18.0 Å². The molecule has 0 saturated heterocycles. The fourth-order valence-corrected chi connectivity index (χ4v) is 7.29. The molecule has 5 nitrogen and oxygen atoms in total. The molecule has 0 spiro atoms. The first kappa shape index (κ1) is 20.2. The monoisotopic (exact) mass is 491 g/mol. The van der Waals surface area contributed by atoms with Crippen LogP contribution >= 0.6 is 15.9 Å². The minimum atomic E-state index is -0.451. The molecule has 0 bridgehead atoms. The van der Waals surface area contributed by atoms with Crippen LogP contribution < -0.4 is 0 Å². The third kappa shape index (κ3) is 2.53. The number of carbonyl (C=O) groups excluding carboxylic acids is 1. The van der Waals surface area contributed by atoms with Gasteiger partial charge in [0, 0.05) is 15.4 Å². The van der Waals surface area contributed by atoms with Gasteiger partial charge in [0.2, 0.25) is 0 Å². The Labute approximate surface area is 195 Å². The number of aromatic nitrogens is 3. The third-order valence-electron chi connectivity index (χ3n) is 8.32. The minimum Gasteiger partial charge on any atom is -0.469 e. The number of hydrogen-bond donors (Lipinski definition) is 1. The molecule has 2 aromatic carbocycles. The molecule has 1 fully saturated rings. The fraction of sp³-hybridized carbons (Fsp3) is 0.423. The number of nitrogens with one attached hydrogen (secondary N) is 1. The van der Waals surface area contributed by atoms with Crippen molar-refractivity contribution in [1.82, 2.24) is 15.0 Å². The van der Waals surface area contributed by atoms with Crippen LogP contribution in [0.1, 0.15) is 50.7 Å². The molecule has 6 rings (SSSR count). The lowest BCUT2D eigenvalue weighted by Crippen LogP contribution is -2.52. The number of fused-ring (bicyclic) bond motifs is 8. The lowest BCUT2D eigenvalue weighted by molar-refractivity contribution is -0.161. The lowest BCUT2D eigenvalue weighted by Gasteiger charge is -2.54. The maximum Gasteiger partial charge on any atom is 0.311 e. The Balaban J connectivity index is 1.62. The van der Waals surface area contributed by atoms with E-state index in [-0.39, 0.29) is 17.3 Å². The lowest BCUT2D eigenvalue weighted by atomic mass is 9.49. The Morgan fingerprint density at radius 3 is 2.78 bits per heavy atom. The van der Waals surface area contributed by atoms with E-state index in [0.717, 1.165) is 69.7 Å². The van der Waals surface area contributed by atoms with Gasteiger partial charge in [-0.05, 0) is 83.1 Å². The number of methoxy groups -OCH3 is 1. The summed E-state index contributed by atoms with van der Waals surface area (Å²) in [7, 11) is 1.52. The summed E-state index contributed by atoms with van der Waals surface area (Å²) in [5, 5.41) is 1.10. The van der Waals surface area contributed by atoms with Crippen molar-refractivity contribution < 1.29 is 9.53 Å². The number of ether oxygens (including phenoxy) is 1. The molecule has 1 unspecified atom stereocenters. The van der Waals surface area contributed by atoms with Crippen molar-refractivity contribution >= 4 is 55.0 Å². The highest BCUT2D eigenvalue weighted by atomic mass is 79.9. The average molecular weight is 492 g/mol. The summed E-state index contributed by atoms with van der Waals surface area (Å²) in [6.07, 6.45) is 4.83. The van der Waals surface area contributed by atoms with Gasteiger partial charge in [0.1, 0.15) is 11.0 Å². The normalized spacial score (nSPS) is 27.4. The van der Waals surface area contributed by atoms with Crippen LogP contribution in [0.15, 0.2) is 34.8 Å². The van der Waals surface area contributed by atoms with E-state index < -0.39 is 5.41 Å². The number of benzene rings is 2. The van der Waals surface area contributed by atoms with E-state index in [2.05, 4.69) is 53.0 Å². The highest BCUT2D eigenvalue weighted by Gasteiger charge is 2.56. The molecule has 2 aromatic heterocycles. The molecule has 1 N–H and O–H groups in total. The average Bonchev–Trinajstić information content (AvgIpc) is 3.15. The summed E-state index contributed by atoms with van der Waals surface area (Å²) in [5.74, 6) is 0.176. The van der Waals surface area contributed by atoms with Crippen molar-refractivity contribution in [2.75, 3.05) is 7.11 Å². The Bertz CT molecular complexity index is 1430. The molecule has 4 aromatic rings. The maximum atomic E-state index is 12.9. The second-order valence-electron chi connectivity index (χ2n) is 9.94. The Hall–Kier alpha value is -2.47. The standard InChI is InChI=1S/C26H26BrN3O2/c1-25-11-6-12-26(2,24(31)32-3)19(25)10-9-14-16(25)13-17(27)22-20(14)29-21-15-7-4-5-8-18(15)28-23(21)30-22/h4-5,7-8,13,19H,6,9-12H2,1-3H3,(H,28,30)/t19?,25-,26-/m1/s1. The molecule has 1 saturated carbocycles. The number of rotatable bonds is 1. The number of para-hydroxylation sites is 1. The summed E-state index contributed by atoms with van der Waals surface area (Å²) in [4.78, 5) is 26.4. The summed E-state index contributed by atoms with van der Waals surface area (Å²) >= 11 is 3.81. The largest absolute Gasteiger partial charge is 0.469 e. The zero-order chi connectivity index (χ0) is 22.3. The molecule has 2 aliphatic rings. The Morgan fingerprint density at radius 1 is 1.16 bits per heavy atom. The predicted octanol–water partition coefficient (Wildman–Crippen LogP) is 6.21. The Morgan fingerprint density at radius 2 is 1.97 bits per heavy atom. The van der Waals surface area contributed by atoms with Gasteiger partial charge in [-0.3, -0.25) is 4.79 Å². The first-order valence-corrected chi connectivity index (χ1v) is 12.1. The van der Waals surface area contributed by atoms with E-state index in [1.165, 1.54) is 18.2 Å². The van der Waals surface area contributed by atoms with E-state index >= 15 is 0 Å².